The summed E-state index contributed by atoms with van der Waals surface area (Å²) in [6, 6.07) is 10.2. The number of nitrogens with two attached hydrogens (primary N) is 1. The van der Waals surface area contributed by atoms with Crippen molar-refractivity contribution in [3.63, 3.8) is 0 Å². The summed E-state index contributed by atoms with van der Waals surface area (Å²) >= 11 is 0. The van der Waals surface area contributed by atoms with Crippen LogP contribution in [0.1, 0.15) is 30.6 Å². The summed E-state index contributed by atoms with van der Waals surface area (Å²) in [6.07, 6.45) is 0.519. The first kappa shape index (κ1) is 16.8. The van der Waals surface area contributed by atoms with Crippen LogP contribution in [0, 0.1) is 5.92 Å². The first-order chi connectivity index (χ1) is 10.9. The summed E-state index contributed by atoms with van der Waals surface area (Å²) in [4.78, 5) is 24.5. The minimum atomic E-state index is -0.663. The largest absolute Gasteiger partial charge is 0.467 e. The Kier molecular flexibility index (Phi) is 5.21. The Bertz CT molecular complexity index is 725. The number of ether oxygens (including phenoxy) is 1. The van der Waals surface area contributed by atoms with Crippen molar-refractivity contribution >= 4 is 28.3 Å². The Morgan fingerprint density at radius 1 is 1.13 bits per heavy atom. The van der Waals surface area contributed by atoms with E-state index in [1.165, 1.54) is 7.11 Å². The molecule has 0 aliphatic carbocycles. The highest BCUT2D eigenvalue weighted by Gasteiger charge is 2.24. The number of hydrogen-bond donors (Lipinski definition) is 2. The quantitative estimate of drug-likeness (QED) is 0.657. The summed E-state index contributed by atoms with van der Waals surface area (Å²) in [5.41, 5.74) is 7.06. The highest BCUT2D eigenvalue weighted by atomic mass is 16.5. The third-order valence-electron chi connectivity index (χ3n) is 3.70. The number of methoxy groups -OCH3 is 1. The first-order valence-electron chi connectivity index (χ1n) is 7.60. The number of anilines is 1. The average molecular weight is 314 g/mol. The number of carbonyl (C=O) groups excluding carboxylic acids is 2. The van der Waals surface area contributed by atoms with Crippen LogP contribution in [0.5, 0.6) is 0 Å². The van der Waals surface area contributed by atoms with Gasteiger partial charge in [-0.05, 0) is 29.9 Å². The molecular weight excluding hydrogens is 292 g/mol. The lowest BCUT2D eigenvalue weighted by Gasteiger charge is -2.19. The van der Waals surface area contributed by atoms with Crippen LogP contribution in [0.15, 0.2) is 36.4 Å². The zero-order chi connectivity index (χ0) is 17.0. The van der Waals surface area contributed by atoms with E-state index in [2.05, 4.69) is 5.32 Å². The van der Waals surface area contributed by atoms with Gasteiger partial charge in [0.25, 0.3) is 5.91 Å². The molecule has 0 saturated heterocycles. The van der Waals surface area contributed by atoms with E-state index < -0.39 is 12.0 Å². The van der Waals surface area contributed by atoms with Crippen molar-refractivity contribution in [3.05, 3.63) is 42.0 Å². The topological polar surface area (TPSA) is 81.4 Å². The molecule has 122 valence electrons. The van der Waals surface area contributed by atoms with Crippen LogP contribution in [-0.2, 0) is 9.53 Å². The predicted molar refractivity (Wildman–Crippen MR) is 91.1 cm³/mol. The van der Waals surface area contributed by atoms with E-state index >= 15 is 0 Å². The second-order valence-corrected chi connectivity index (χ2v) is 5.93. The average Bonchev–Trinajstić information content (AvgIpc) is 2.53. The standard InChI is InChI=1S/C18H22N2O3/c1-11(2)10-16(18(22)23-3)20-17(21)14-8-9-15(19)13-7-5-4-6-12(13)14/h4-9,11,16H,10,19H2,1-3H3,(H,20,21)/t16-/m1/s1. The molecule has 3 N–H and O–H groups in total. The molecule has 0 unspecified atom stereocenters. The number of nitrogens with one attached hydrogen (secondary N) is 1. The smallest absolute Gasteiger partial charge is 0.328 e. The SMILES string of the molecule is COC(=O)[C@@H](CC(C)C)NC(=O)c1ccc(N)c2ccccc12. The summed E-state index contributed by atoms with van der Waals surface area (Å²) in [6.45, 7) is 3.97. The molecule has 5 heteroatoms. The first-order valence-corrected chi connectivity index (χ1v) is 7.60. The number of hydrogen-bond acceptors (Lipinski definition) is 4. The highest BCUT2D eigenvalue weighted by Crippen LogP contribution is 2.24. The van der Waals surface area contributed by atoms with Gasteiger partial charge in [-0.3, -0.25) is 4.79 Å². The molecule has 23 heavy (non-hydrogen) atoms. The molecule has 0 aromatic heterocycles. The fraction of sp³-hybridized carbons (Fsp3) is 0.333. The van der Waals surface area contributed by atoms with E-state index in [0.717, 1.165) is 10.8 Å². The molecule has 1 amide bonds. The Morgan fingerprint density at radius 3 is 2.39 bits per heavy atom. The Morgan fingerprint density at radius 2 is 1.78 bits per heavy atom. The minimum Gasteiger partial charge on any atom is -0.467 e. The Hall–Kier alpha value is -2.56. The third-order valence-corrected chi connectivity index (χ3v) is 3.70. The van der Waals surface area contributed by atoms with Crippen molar-refractivity contribution in [2.45, 2.75) is 26.3 Å². The number of benzene rings is 2. The monoisotopic (exact) mass is 314 g/mol. The van der Waals surface area contributed by atoms with E-state index in [1.54, 1.807) is 12.1 Å². The van der Waals surface area contributed by atoms with Crippen molar-refractivity contribution < 1.29 is 14.3 Å². The lowest BCUT2D eigenvalue weighted by molar-refractivity contribution is -0.143. The maximum absolute atomic E-state index is 12.6. The van der Waals surface area contributed by atoms with Crippen LogP contribution >= 0.6 is 0 Å². The molecule has 1 atom stereocenters. The molecule has 0 heterocycles. The van der Waals surface area contributed by atoms with E-state index in [9.17, 15) is 9.59 Å². The van der Waals surface area contributed by atoms with Gasteiger partial charge in [0.05, 0.1) is 7.11 Å². The molecule has 0 radical (unpaired) electrons. The van der Waals surface area contributed by atoms with Crippen molar-refractivity contribution in [2.75, 3.05) is 12.8 Å². The maximum atomic E-state index is 12.6. The summed E-state index contributed by atoms with van der Waals surface area (Å²) in [7, 11) is 1.32. The molecular formula is C18H22N2O3. The maximum Gasteiger partial charge on any atom is 0.328 e. The zero-order valence-electron chi connectivity index (χ0n) is 13.6. The molecule has 0 saturated carbocycles. The molecule has 2 aromatic carbocycles. The molecule has 0 aliphatic rings. The van der Waals surface area contributed by atoms with Gasteiger partial charge in [-0.1, -0.05) is 38.1 Å². The molecule has 0 spiro atoms. The number of esters is 1. The van der Waals surface area contributed by atoms with Crippen LogP contribution in [0.3, 0.4) is 0 Å². The molecule has 5 nitrogen and oxygen atoms in total. The van der Waals surface area contributed by atoms with E-state index in [4.69, 9.17) is 10.5 Å². The van der Waals surface area contributed by atoms with Crippen LogP contribution in [0.4, 0.5) is 5.69 Å². The molecule has 2 rings (SSSR count). The summed E-state index contributed by atoms with van der Waals surface area (Å²) in [5.74, 6) is -0.494. The third kappa shape index (κ3) is 3.80. The van der Waals surface area contributed by atoms with Gasteiger partial charge in [0.15, 0.2) is 0 Å². The molecule has 0 aliphatic heterocycles. The normalized spacial score (nSPS) is 12.2. The number of amides is 1. The van der Waals surface area contributed by atoms with Gasteiger partial charge in [-0.15, -0.1) is 0 Å². The fourth-order valence-electron chi connectivity index (χ4n) is 2.58. The number of nitrogen functional groups attached to an aromatic ring is 1. The highest BCUT2D eigenvalue weighted by molar-refractivity contribution is 6.10. The number of rotatable bonds is 5. The van der Waals surface area contributed by atoms with Crippen molar-refractivity contribution in [1.82, 2.24) is 5.32 Å². The van der Waals surface area contributed by atoms with Crippen molar-refractivity contribution in [3.8, 4) is 0 Å². The number of carbonyl (C=O) groups is 2. The molecule has 2 aromatic rings. The second kappa shape index (κ2) is 7.13. The summed E-state index contributed by atoms with van der Waals surface area (Å²) < 4.78 is 4.78. The van der Waals surface area contributed by atoms with Gasteiger partial charge in [0.1, 0.15) is 6.04 Å². The lowest BCUT2D eigenvalue weighted by atomic mass is 10.0. The molecule has 0 fully saturated rings. The van der Waals surface area contributed by atoms with Gasteiger partial charge in [0, 0.05) is 16.6 Å². The van der Waals surface area contributed by atoms with Crippen LogP contribution in [0.2, 0.25) is 0 Å². The fourth-order valence-corrected chi connectivity index (χ4v) is 2.58. The van der Waals surface area contributed by atoms with Gasteiger partial charge >= 0.3 is 5.97 Å². The minimum absolute atomic E-state index is 0.252. The van der Waals surface area contributed by atoms with E-state index in [1.807, 2.05) is 38.1 Å². The Labute approximate surface area is 135 Å². The zero-order valence-corrected chi connectivity index (χ0v) is 13.6. The van der Waals surface area contributed by atoms with Crippen LogP contribution < -0.4 is 11.1 Å². The van der Waals surface area contributed by atoms with Crippen molar-refractivity contribution in [1.29, 1.82) is 0 Å². The lowest BCUT2D eigenvalue weighted by Crippen LogP contribution is -2.42. The molecule has 0 bridgehead atoms. The van der Waals surface area contributed by atoms with Gasteiger partial charge in [-0.25, -0.2) is 4.79 Å². The van der Waals surface area contributed by atoms with Gasteiger partial charge < -0.3 is 15.8 Å². The van der Waals surface area contributed by atoms with Gasteiger partial charge in [-0.2, -0.15) is 0 Å². The summed E-state index contributed by atoms with van der Waals surface area (Å²) in [5, 5.41) is 4.35. The van der Waals surface area contributed by atoms with E-state index in [-0.39, 0.29) is 11.8 Å². The van der Waals surface area contributed by atoms with Crippen LogP contribution in [-0.4, -0.2) is 25.0 Å². The van der Waals surface area contributed by atoms with Gasteiger partial charge in [0.2, 0.25) is 0 Å². The predicted octanol–water partition coefficient (Wildman–Crippen LogP) is 2.74. The van der Waals surface area contributed by atoms with Crippen LogP contribution in [0.25, 0.3) is 10.8 Å². The van der Waals surface area contributed by atoms with Crippen molar-refractivity contribution in [2.24, 2.45) is 5.92 Å². The number of fused-ring (bicyclic) bond motifs is 1. The van der Waals surface area contributed by atoms with E-state index in [0.29, 0.717) is 17.7 Å². The Balaban J connectivity index is 2.33. The second-order valence-electron chi connectivity index (χ2n) is 5.93.